The highest BCUT2D eigenvalue weighted by molar-refractivity contribution is 8.00. The molecule has 2 amide bonds. The third kappa shape index (κ3) is 5.02. The topological polar surface area (TPSA) is 149 Å². The summed E-state index contributed by atoms with van der Waals surface area (Å²) >= 11 is 0.953. The minimum atomic E-state index is -1.46. The van der Waals surface area contributed by atoms with Crippen LogP contribution in [0, 0.1) is 0 Å². The Labute approximate surface area is 186 Å². The van der Waals surface area contributed by atoms with Gasteiger partial charge in [-0.2, -0.15) is 0 Å². The summed E-state index contributed by atoms with van der Waals surface area (Å²) in [6, 6.07) is 7.55. The van der Waals surface area contributed by atoms with E-state index in [9.17, 15) is 29.1 Å². The van der Waals surface area contributed by atoms with Gasteiger partial charge in [-0.3, -0.25) is 24.1 Å². The number of hydrogen-bond acceptors (Lipinski definition) is 9. The summed E-state index contributed by atoms with van der Waals surface area (Å²) in [5.74, 6) is -3.59. The molecule has 0 spiro atoms. The lowest BCUT2D eigenvalue weighted by atomic mass is 10.0. The van der Waals surface area contributed by atoms with Crippen molar-refractivity contribution in [1.29, 1.82) is 0 Å². The van der Waals surface area contributed by atoms with E-state index in [0.717, 1.165) is 30.5 Å². The molecule has 32 heavy (non-hydrogen) atoms. The van der Waals surface area contributed by atoms with Gasteiger partial charge in [0.05, 0.1) is 0 Å². The van der Waals surface area contributed by atoms with Crippen molar-refractivity contribution in [3.05, 3.63) is 41.6 Å². The van der Waals surface area contributed by atoms with Gasteiger partial charge in [0.25, 0.3) is 11.8 Å². The molecule has 0 saturated carbocycles. The molecule has 12 heteroatoms. The maximum atomic E-state index is 12.7. The second kappa shape index (κ2) is 9.73. The molecular weight excluding hydrogens is 444 g/mol. The monoisotopic (exact) mass is 464 g/mol. The number of nitrogens with zero attached hydrogens (tertiary/aromatic N) is 1. The van der Waals surface area contributed by atoms with E-state index in [2.05, 4.69) is 5.32 Å². The molecule has 0 aromatic heterocycles. The summed E-state index contributed by atoms with van der Waals surface area (Å²) in [5, 5.41) is 11.4. The van der Waals surface area contributed by atoms with Crippen molar-refractivity contribution in [2.75, 3.05) is 13.2 Å². The number of β-lactam (4-membered cyclic amide) rings is 1. The van der Waals surface area contributed by atoms with Crippen molar-refractivity contribution in [1.82, 2.24) is 10.2 Å². The highest BCUT2D eigenvalue weighted by Gasteiger charge is 2.57. The lowest BCUT2D eigenvalue weighted by molar-refractivity contribution is -0.152. The number of ether oxygens (including phenoxy) is 3. The second-order valence-electron chi connectivity index (χ2n) is 6.78. The van der Waals surface area contributed by atoms with Crippen LogP contribution in [0.4, 0.5) is 0 Å². The number of para-hydroxylation sites is 1. The predicted octanol–water partition coefficient (Wildman–Crippen LogP) is 0.256. The van der Waals surface area contributed by atoms with E-state index >= 15 is 0 Å². The molecule has 2 aliphatic heterocycles. The van der Waals surface area contributed by atoms with Gasteiger partial charge in [0.15, 0.2) is 12.0 Å². The van der Waals surface area contributed by atoms with Gasteiger partial charge in [0.2, 0.25) is 0 Å². The van der Waals surface area contributed by atoms with Gasteiger partial charge in [-0.05, 0) is 12.1 Å². The third-order valence-corrected chi connectivity index (χ3v) is 5.86. The number of carboxylic acids is 1. The van der Waals surface area contributed by atoms with Crippen LogP contribution in [0.1, 0.15) is 13.8 Å². The lowest BCUT2D eigenvalue weighted by Crippen LogP contribution is -2.71. The lowest BCUT2D eigenvalue weighted by Gasteiger charge is -2.50. The van der Waals surface area contributed by atoms with Crippen LogP contribution < -0.4 is 10.1 Å². The largest absolute Gasteiger partial charge is 0.484 e. The number of carbonyl (C=O) groups excluding carboxylic acids is 4. The van der Waals surface area contributed by atoms with Crippen LogP contribution in [0.15, 0.2) is 41.6 Å². The smallest absolute Gasteiger partial charge is 0.352 e. The molecule has 3 atom stereocenters. The maximum Gasteiger partial charge on any atom is 0.352 e. The first-order valence-electron chi connectivity index (χ1n) is 9.41. The number of carboxylic acid groups (broad SMARTS) is 1. The summed E-state index contributed by atoms with van der Waals surface area (Å²) in [7, 11) is 0. The zero-order chi connectivity index (χ0) is 23.4. The Hall–Kier alpha value is -3.54. The molecule has 1 unspecified atom stereocenters. The third-order valence-electron chi connectivity index (χ3n) is 4.47. The van der Waals surface area contributed by atoms with E-state index in [4.69, 9.17) is 14.2 Å². The van der Waals surface area contributed by atoms with Crippen molar-refractivity contribution < 1.29 is 43.3 Å². The molecule has 0 radical (unpaired) electrons. The SMILES string of the molecule is CC(=O)OCC1=C(C(=O)O)N2C(=O)[C@H](NC(=O)COc3ccccc3)[C@H]2SC1OC(C)=O. The highest BCUT2D eigenvalue weighted by Crippen LogP contribution is 2.44. The minimum absolute atomic E-state index is 0.0466. The Balaban J connectivity index is 1.76. The molecule has 1 aromatic rings. The van der Waals surface area contributed by atoms with Crippen LogP contribution in [-0.4, -0.2) is 69.8 Å². The maximum absolute atomic E-state index is 12.7. The number of nitrogens with one attached hydrogen (secondary N) is 1. The predicted molar refractivity (Wildman–Crippen MR) is 109 cm³/mol. The van der Waals surface area contributed by atoms with Crippen molar-refractivity contribution in [3.63, 3.8) is 0 Å². The van der Waals surface area contributed by atoms with Gasteiger partial charge in [0, 0.05) is 19.4 Å². The zero-order valence-corrected chi connectivity index (χ0v) is 17.9. The molecule has 170 valence electrons. The summed E-state index contributed by atoms with van der Waals surface area (Å²) in [4.78, 5) is 60.6. The number of fused-ring (bicyclic) bond motifs is 1. The number of esters is 2. The number of carbonyl (C=O) groups is 5. The number of thioether (sulfide) groups is 1. The van der Waals surface area contributed by atoms with E-state index in [0.29, 0.717) is 5.75 Å². The first-order chi connectivity index (χ1) is 15.2. The fourth-order valence-corrected chi connectivity index (χ4v) is 4.60. The van der Waals surface area contributed by atoms with E-state index in [-0.39, 0.29) is 12.2 Å². The first kappa shape index (κ1) is 23.1. The van der Waals surface area contributed by atoms with E-state index in [1.807, 2.05) is 0 Å². The van der Waals surface area contributed by atoms with E-state index < -0.39 is 58.9 Å². The van der Waals surface area contributed by atoms with Crippen molar-refractivity contribution >= 4 is 41.5 Å². The zero-order valence-electron chi connectivity index (χ0n) is 17.1. The van der Waals surface area contributed by atoms with Crippen molar-refractivity contribution in [2.24, 2.45) is 0 Å². The molecule has 11 nitrogen and oxygen atoms in total. The van der Waals surface area contributed by atoms with Crippen LogP contribution in [0.2, 0.25) is 0 Å². The van der Waals surface area contributed by atoms with Crippen LogP contribution in [-0.2, 0) is 33.4 Å². The summed E-state index contributed by atoms with van der Waals surface area (Å²) in [6.07, 6.45) is 0. The fourth-order valence-electron chi connectivity index (χ4n) is 3.14. The normalized spacial score (nSPS) is 21.8. The first-order valence-corrected chi connectivity index (χ1v) is 10.4. The van der Waals surface area contributed by atoms with Gasteiger partial charge < -0.3 is 24.6 Å². The van der Waals surface area contributed by atoms with Gasteiger partial charge in [-0.25, -0.2) is 4.79 Å². The molecule has 2 N–H and O–H groups in total. The average Bonchev–Trinajstić information content (AvgIpc) is 2.74. The fraction of sp³-hybridized carbons (Fsp3) is 0.350. The van der Waals surface area contributed by atoms with Crippen LogP contribution >= 0.6 is 11.8 Å². The Kier molecular flexibility index (Phi) is 7.03. The highest BCUT2D eigenvalue weighted by atomic mass is 32.2. The molecule has 1 fully saturated rings. The second-order valence-corrected chi connectivity index (χ2v) is 7.97. The Morgan fingerprint density at radius 1 is 1.12 bits per heavy atom. The average molecular weight is 464 g/mol. The molecule has 0 bridgehead atoms. The minimum Gasteiger partial charge on any atom is -0.484 e. The molecule has 2 heterocycles. The molecule has 2 aliphatic rings. The Bertz CT molecular complexity index is 979. The quantitative estimate of drug-likeness (QED) is 0.405. The molecule has 3 rings (SSSR count). The van der Waals surface area contributed by atoms with Crippen molar-refractivity contribution in [2.45, 2.75) is 30.7 Å². The Morgan fingerprint density at radius 2 is 1.81 bits per heavy atom. The van der Waals surface area contributed by atoms with Gasteiger partial charge in [0.1, 0.15) is 29.5 Å². The molecule has 0 aliphatic carbocycles. The standard InChI is InChI=1S/C20H20N2O9S/c1-10(23)29-8-13-16(19(27)28)22-17(26)15(18(22)32-20(13)31-11(2)24)21-14(25)9-30-12-6-4-3-5-7-12/h3-7,15,18,20H,8-9H2,1-2H3,(H,21,25)(H,27,28)/t15-,18+,20?/m0/s1. The number of rotatable bonds is 8. The number of benzene rings is 1. The number of aliphatic carboxylic acids is 1. The van der Waals surface area contributed by atoms with Crippen molar-refractivity contribution in [3.8, 4) is 5.75 Å². The number of amides is 2. The van der Waals surface area contributed by atoms with Crippen LogP contribution in [0.5, 0.6) is 5.75 Å². The van der Waals surface area contributed by atoms with Crippen LogP contribution in [0.3, 0.4) is 0 Å². The van der Waals surface area contributed by atoms with Crippen LogP contribution in [0.25, 0.3) is 0 Å². The van der Waals surface area contributed by atoms with Gasteiger partial charge >= 0.3 is 17.9 Å². The number of hydrogen-bond donors (Lipinski definition) is 2. The van der Waals surface area contributed by atoms with Gasteiger partial charge in [-0.15, -0.1) is 0 Å². The molecular formula is C20H20N2O9S. The molecule has 1 aromatic carbocycles. The van der Waals surface area contributed by atoms with Gasteiger partial charge in [-0.1, -0.05) is 30.0 Å². The van der Waals surface area contributed by atoms with E-state index in [1.165, 1.54) is 0 Å². The summed E-state index contributed by atoms with van der Waals surface area (Å²) < 4.78 is 15.4. The van der Waals surface area contributed by atoms with E-state index in [1.54, 1.807) is 30.3 Å². The molecule has 1 saturated heterocycles. The summed E-state index contributed by atoms with van der Waals surface area (Å²) in [5.41, 5.74) is -1.61. The summed E-state index contributed by atoms with van der Waals surface area (Å²) in [6.45, 7) is 1.46. The Morgan fingerprint density at radius 3 is 2.41 bits per heavy atom.